The van der Waals surface area contributed by atoms with Crippen LogP contribution in [-0.2, 0) is 0 Å². The molecule has 0 atom stereocenters. The summed E-state index contributed by atoms with van der Waals surface area (Å²) in [4.78, 5) is 0. The molecule has 0 saturated heterocycles. The fourth-order valence-corrected chi connectivity index (χ4v) is 1.41. The molecule has 0 heterocycles. The molecule has 0 saturated carbocycles. The molecule has 2 nitrogen and oxygen atoms in total. The van der Waals surface area contributed by atoms with Crippen molar-refractivity contribution < 1.29 is 0 Å². The van der Waals surface area contributed by atoms with E-state index in [4.69, 9.17) is 0 Å². The molecular formula is C13H26N2. The van der Waals surface area contributed by atoms with Crippen LogP contribution < -0.4 is 10.6 Å². The van der Waals surface area contributed by atoms with Crippen molar-refractivity contribution in [2.24, 2.45) is 0 Å². The Bertz CT molecular complexity index is 283. The zero-order valence-corrected chi connectivity index (χ0v) is 11.5. The molecule has 0 unspecified atom stereocenters. The lowest BCUT2D eigenvalue weighted by Crippen LogP contribution is -2.38. The van der Waals surface area contributed by atoms with Gasteiger partial charge in [0.2, 0.25) is 0 Å². The molecule has 0 aliphatic rings. The maximum absolute atomic E-state index is 3.33. The van der Waals surface area contributed by atoms with Crippen LogP contribution in [0.15, 0.2) is 22.4 Å². The van der Waals surface area contributed by atoms with E-state index in [1.807, 2.05) is 14.1 Å². The Kier molecular flexibility index (Phi) is 5.09. The van der Waals surface area contributed by atoms with Crippen LogP contribution in [-0.4, -0.2) is 19.6 Å². The van der Waals surface area contributed by atoms with Crippen LogP contribution in [0.25, 0.3) is 0 Å². The molecule has 0 aromatic rings. The van der Waals surface area contributed by atoms with E-state index in [0.717, 1.165) is 0 Å². The predicted molar refractivity (Wildman–Crippen MR) is 68.9 cm³/mol. The van der Waals surface area contributed by atoms with Gasteiger partial charge in [-0.1, -0.05) is 5.57 Å². The third kappa shape index (κ3) is 3.38. The molecule has 0 bridgehead atoms. The van der Waals surface area contributed by atoms with E-state index in [9.17, 15) is 0 Å². The quantitative estimate of drug-likeness (QED) is 0.697. The van der Waals surface area contributed by atoms with Crippen LogP contribution in [0.2, 0.25) is 0 Å². The van der Waals surface area contributed by atoms with Crippen LogP contribution >= 0.6 is 0 Å². The van der Waals surface area contributed by atoms with E-state index in [-0.39, 0.29) is 5.54 Å². The standard InChI is InChI=1S/C13H26N2/c1-9(10(2)12(4)14-7)11(3)13(5,6)15-8/h14-15H,1-8H3/b11-9+,12-10+. The van der Waals surface area contributed by atoms with E-state index in [0.29, 0.717) is 0 Å². The monoisotopic (exact) mass is 210 g/mol. The molecule has 0 amide bonds. The number of likely N-dealkylation sites (N-methyl/N-ethyl adjacent to an activating group) is 1. The molecule has 0 radical (unpaired) electrons. The van der Waals surface area contributed by atoms with Gasteiger partial charge < -0.3 is 10.6 Å². The zero-order chi connectivity index (χ0) is 12.2. The van der Waals surface area contributed by atoms with Crippen molar-refractivity contribution in [1.29, 1.82) is 0 Å². The number of rotatable bonds is 4. The molecular weight excluding hydrogens is 184 g/mol. The number of hydrogen-bond donors (Lipinski definition) is 2. The lowest BCUT2D eigenvalue weighted by molar-refractivity contribution is 0.493. The summed E-state index contributed by atoms with van der Waals surface area (Å²) in [6.07, 6.45) is 0. The largest absolute Gasteiger partial charge is 0.391 e. The van der Waals surface area contributed by atoms with Gasteiger partial charge in [0.05, 0.1) is 0 Å². The second-order valence-corrected chi connectivity index (χ2v) is 4.62. The summed E-state index contributed by atoms with van der Waals surface area (Å²) in [7, 11) is 3.96. The fourth-order valence-electron chi connectivity index (χ4n) is 1.41. The topological polar surface area (TPSA) is 24.1 Å². The van der Waals surface area contributed by atoms with Gasteiger partial charge >= 0.3 is 0 Å². The number of nitrogens with one attached hydrogen (secondary N) is 2. The van der Waals surface area contributed by atoms with Crippen molar-refractivity contribution in [2.45, 2.75) is 47.1 Å². The Morgan fingerprint density at radius 1 is 0.867 bits per heavy atom. The summed E-state index contributed by atoms with van der Waals surface area (Å²) in [5.41, 5.74) is 5.37. The average molecular weight is 210 g/mol. The normalized spacial score (nSPS) is 15.7. The maximum atomic E-state index is 3.33. The highest BCUT2D eigenvalue weighted by atomic mass is 14.9. The second-order valence-electron chi connectivity index (χ2n) is 4.62. The summed E-state index contributed by atoms with van der Waals surface area (Å²) in [5, 5.41) is 6.53. The summed E-state index contributed by atoms with van der Waals surface area (Å²) in [5.74, 6) is 0. The Hall–Kier alpha value is -0.760. The molecule has 0 aromatic carbocycles. The van der Waals surface area contributed by atoms with E-state index in [1.165, 1.54) is 22.4 Å². The summed E-state index contributed by atoms with van der Waals surface area (Å²) in [6.45, 7) is 13.1. The van der Waals surface area contributed by atoms with Crippen molar-refractivity contribution in [3.05, 3.63) is 22.4 Å². The van der Waals surface area contributed by atoms with Crippen molar-refractivity contribution in [2.75, 3.05) is 14.1 Å². The fraction of sp³-hybridized carbons (Fsp3) is 0.692. The summed E-state index contributed by atoms with van der Waals surface area (Å²) >= 11 is 0. The molecule has 0 spiro atoms. The first-order valence-electron chi connectivity index (χ1n) is 5.50. The van der Waals surface area contributed by atoms with Crippen molar-refractivity contribution in [1.82, 2.24) is 10.6 Å². The number of hydrogen-bond acceptors (Lipinski definition) is 2. The van der Waals surface area contributed by atoms with Gasteiger partial charge in [-0.05, 0) is 59.7 Å². The highest BCUT2D eigenvalue weighted by Gasteiger charge is 2.19. The molecule has 2 heteroatoms. The van der Waals surface area contributed by atoms with Crippen LogP contribution in [0.3, 0.4) is 0 Å². The van der Waals surface area contributed by atoms with Crippen molar-refractivity contribution >= 4 is 0 Å². The van der Waals surface area contributed by atoms with Gasteiger partial charge in [0.1, 0.15) is 0 Å². The first kappa shape index (κ1) is 14.2. The van der Waals surface area contributed by atoms with E-state index in [2.05, 4.69) is 52.2 Å². The third-order valence-corrected chi connectivity index (χ3v) is 3.62. The minimum atomic E-state index is 0.0549. The number of allylic oxidation sites excluding steroid dienone is 3. The van der Waals surface area contributed by atoms with E-state index >= 15 is 0 Å². The van der Waals surface area contributed by atoms with Crippen LogP contribution in [0.1, 0.15) is 41.5 Å². The van der Waals surface area contributed by atoms with Crippen LogP contribution in [0.5, 0.6) is 0 Å². The lowest BCUT2D eigenvalue weighted by Gasteiger charge is -2.28. The molecule has 2 N–H and O–H groups in total. The lowest BCUT2D eigenvalue weighted by atomic mass is 9.88. The highest BCUT2D eigenvalue weighted by Crippen LogP contribution is 2.24. The van der Waals surface area contributed by atoms with Gasteiger partial charge in [0.15, 0.2) is 0 Å². The van der Waals surface area contributed by atoms with Crippen molar-refractivity contribution in [3.63, 3.8) is 0 Å². The Morgan fingerprint density at radius 2 is 1.33 bits per heavy atom. The van der Waals surface area contributed by atoms with Gasteiger partial charge in [0.25, 0.3) is 0 Å². The predicted octanol–water partition coefficient (Wildman–Crippen LogP) is 2.83. The molecule has 0 fully saturated rings. The second kappa shape index (κ2) is 5.36. The first-order valence-corrected chi connectivity index (χ1v) is 5.50. The molecule has 0 aliphatic carbocycles. The van der Waals surface area contributed by atoms with Gasteiger partial charge in [0, 0.05) is 18.3 Å². The summed E-state index contributed by atoms with van der Waals surface area (Å²) < 4.78 is 0. The minimum absolute atomic E-state index is 0.0549. The van der Waals surface area contributed by atoms with E-state index in [1.54, 1.807) is 0 Å². The first-order chi connectivity index (χ1) is 6.77. The SMILES string of the molecule is CN/C(C)=C(C)/C(C)=C(\C)C(C)(C)NC. The van der Waals surface area contributed by atoms with Gasteiger partial charge in [-0.2, -0.15) is 0 Å². The molecule has 0 rings (SSSR count). The average Bonchev–Trinajstić information content (AvgIpc) is 2.24. The molecule has 0 aliphatic heterocycles. The molecule has 88 valence electrons. The third-order valence-electron chi connectivity index (χ3n) is 3.62. The Labute approximate surface area is 94.8 Å². The highest BCUT2D eigenvalue weighted by molar-refractivity contribution is 5.37. The molecule has 15 heavy (non-hydrogen) atoms. The maximum Gasteiger partial charge on any atom is 0.0337 e. The Morgan fingerprint density at radius 3 is 1.67 bits per heavy atom. The smallest absolute Gasteiger partial charge is 0.0337 e. The van der Waals surface area contributed by atoms with Crippen LogP contribution in [0.4, 0.5) is 0 Å². The van der Waals surface area contributed by atoms with Gasteiger partial charge in [-0.15, -0.1) is 0 Å². The zero-order valence-electron chi connectivity index (χ0n) is 11.5. The van der Waals surface area contributed by atoms with Crippen molar-refractivity contribution in [3.8, 4) is 0 Å². The van der Waals surface area contributed by atoms with Crippen LogP contribution in [0, 0.1) is 0 Å². The minimum Gasteiger partial charge on any atom is -0.391 e. The Balaban J connectivity index is 5.30. The van der Waals surface area contributed by atoms with Gasteiger partial charge in [-0.25, -0.2) is 0 Å². The van der Waals surface area contributed by atoms with E-state index < -0.39 is 0 Å². The summed E-state index contributed by atoms with van der Waals surface area (Å²) in [6, 6.07) is 0. The molecule has 0 aromatic heterocycles. The van der Waals surface area contributed by atoms with Gasteiger partial charge in [-0.3, -0.25) is 0 Å².